The predicted molar refractivity (Wildman–Crippen MR) is 76.3 cm³/mol. The van der Waals surface area contributed by atoms with E-state index in [0.717, 1.165) is 24.2 Å². The van der Waals surface area contributed by atoms with E-state index in [1.54, 1.807) is 4.90 Å². The largest absolute Gasteiger partial charge is 0.494 e. The Morgan fingerprint density at radius 2 is 2.20 bits per heavy atom. The van der Waals surface area contributed by atoms with Gasteiger partial charge in [-0.1, -0.05) is 11.3 Å². The third-order valence-electron chi connectivity index (χ3n) is 3.12. The van der Waals surface area contributed by atoms with Crippen LogP contribution in [0.3, 0.4) is 0 Å². The van der Waals surface area contributed by atoms with Crippen molar-refractivity contribution in [3.05, 3.63) is 15.0 Å². The number of amides is 1. The summed E-state index contributed by atoms with van der Waals surface area (Å²) in [6.07, 6.45) is 1.18. The zero-order chi connectivity index (χ0) is 14.9. The first-order valence-electron chi connectivity index (χ1n) is 6.65. The Kier molecular flexibility index (Phi) is 4.08. The Hall–Kier alpha value is -1.50. The van der Waals surface area contributed by atoms with Crippen LogP contribution in [0.1, 0.15) is 39.7 Å². The van der Waals surface area contributed by atoms with Crippen LogP contribution in [0.15, 0.2) is 10.2 Å². The summed E-state index contributed by atoms with van der Waals surface area (Å²) < 4.78 is 6.71. The maximum atomic E-state index is 12.1. The van der Waals surface area contributed by atoms with Crippen molar-refractivity contribution in [2.75, 3.05) is 13.1 Å². The van der Waals surface area contributed by atoms with Gasteiger partial charge >= 0.3 is 11.0 Å². The molecule has 20 heavy (non-hydrogen) atoms. The molecule has 1 N–H and O–H groups in total. The van der Waals surface area contributed by atoms with E-state index in [9.17, 15) is 14.7 Å². The molecular weight excluding hydrogens is 280 g/mol. The summed E-state index contributed by atoms with van der Waals surface area (Å²) in [6, 6.07) is -0.185. The molecule has 0 aliphatic carbocycles. The van der Waals surface area contributed by atoms with Crippen molar-refractivity contribution in [3.63, 3.8) is 0 Å². The first-order chi connectivity index (χ1) is 9.28. The van der Waals surface area contributed by atoms with E-state index in [-0.39, 0.29) is 22.9 Å². The van der Waals surface area contributed by atoms with Crippen molar-refractivity contribution < 1.29 is 14.6 Å². The molecule has 1 saturated heterocycles. The molecule has 0 saturated carbocycles. The fourth-order valence-electron chi connectivity index (χ4n) is 2.30. The fraction of sp³-hybridized carbons (Fsp3) is 0.692. The second-order valence-electron chi connectivity index (χ2n) is 5.95. The second kappa shape index (κ2) is 5.47. The minimum absolute atomic E-state index is 0.0314. The van der Waals surface area contributed by atoms with Gasteiger partial charge in [0.2, 0.25) is 5.88 Å². The van der Waals surface area contributed by atoms with E-state index in [1.807, 2.05) is 20.8 Å². The van der Waals surface area contributed by atoms with Gasteiger partial charge in [-0.25, -0.2) is 4.79 Å². The first kappa shape index (κ1) is 14.9. The summed E-state index contributed by atoms with van der Waals surface area (Å²) in [4.78, 5) is 25.2. The number of hydrogen-bond acceptors (Lipinski definition) is 5. The van der Waals surface area contributed by atoms with Crippen LogP contribution in [0.2, 0.25) is 0 Å². The quantitative estimate of drug-likeness (QED) is 0.863. The zero-order valence-corrected chi connectivity index (χ0v) is 12.8. The number of piperidine rings is 1. The van der Waals surface area contributed by atoms with Gasteiger partial charge in [0.15, 0.2) is 0 Å². The summed E-state index contributed by atoms with van der Waals surface area (Å²) >= 11 is 0.967. The molecule has 1 aliphatic heterocycles. The van der Waals surface area contributed by atoms with Crippen molar-refractivity contribution in [3.8, 4) is 5.88 Å². The van der Waals surface area contributed by atoms with Crippen molar-refractivity contribution in [2.24, 2.45) is 0 Å². The molecule has 0 spiro atoms. The Labute approximate surface area is 121 Å². The number of rotatable bonds is 1. The molecule has 7 heteroatoms. The van der Waals surface area contributed by atoms with Gasteiger partial charge in [0, 0.05) is 13.1 Å². The third kappa shape index (κ3) is 3.33. The summed E-state index contributed by atoms with van der Waals surface area (Å²) in [5, 5.41) is 11.2. The van der Waals surface area contributed by atoms with Crippen LogP contribution in [0.5, 0.6) is 5.88 Å². The van der Waals surface area contributed by atoms with Crippen LogP contribution in [0.4, 0.5) is 4.79 Å². The highest BCUT2D eigenvalue weighted by Gasteiger charge is 2.30. The van der Waals surface area contributed by atoms with Crippen LogP contribution in [-0.2, 0) is 4.74 Å². The highest BCUT2D eigenvalue weighted by atomic mass is 32.1. The number of thiazole rings is 1. The van der Waals surface area contributed by atoms with Crippen LogP contribution in [-0.4, -0.2) is 39.4 Å². The van der Waals surface area contributed by atoms with Gasteiger partial charge in [-0.3, -0.25) is 9.36 Å². The van der Waals surface area contributed by atoms with Gasteiger partial charge in [-0.2, -0.15) is 0 Å². The number of carbonyl (C=O) groups excluding carboxylic acids is 1. The number of ether oxygens (including phenoxy) is 1. The van der Waals surface area contributed by atoms with Gasteiger partial charge in [-0.15, -0.1) is 0 Å². The molecule has 0 aromatic carbocycles. The van der Waals surface area contributed by atoms with E-state index < -0.39 is 5.60 Å². The Bertz CT molecular complexity index is 543. The summed E-state index contributed by atoms with van der Waals surface area (Å²) in [5.41, 5.74) is -0.536. The lowest BCUT2D eigenvalue weighted by molar-refractivity contribution is 0.0168. The molecule has 112 valence electrons. The van der Waals surface area contributed by atoms with Crippen LogP contribution >= 0.6 is 11.3 Å². The second-order valence-corrected chi connectivity index (χ2v) is 6.77. The van der Waals surface area contributed by atoms with Gasteiger partial charge in [0.05, 0.1) is 11.4 Å². The Morgan fingerprint density at radius 3 is 2.75 bits per heavy atom. The zero-order valence-electron chi connectivity index (χ0n) is 12.0. The molecular formula is C13H20N2O4S. The Balaban J connectivity index is 2.10. The van der Waals surface area contributed by atoms with Gasteiger partial charge in [0.25, 0.3) is 0 Å². The van der Waals surface area contributed by atoms with E-state index in [4.69, 9.17) is 4.74 Å². The van der Waals surface area contributed by atoms with E-state index in [0.29, 0.717) is 13.1 Å². The molecule has 0 radical (unpaired) electrons. The predicted octanol–water partition coefficient (Wildman–Crippen LogP) is 2.19. The minimum Gasteiger partial charge on any atom is -0.494 e. The topological polar surface area (TPSA) is 71.8 Å². The maximum absolute atomic E-state index is 12.1. The monoisotopic (exact) mass is 300 g/mol. The van der Waals surface area contributed by atoms with Gasteiger partial charge < -0.3 is 14.7 Å². The maximum Gasteiger partial charge on any atom is 0.410 e. The third-order valence-corrected chi connectivity index (χ3v) is 3.85. The summed E-state index contributed by atoms with van der Waals surface area (Å²) in [7, 11) is 0. The number of carbonyl (C=O) groups is 1. The SMILES string of the molecule is CC(C)(C)OC(=O)N1CCCC(n2c(O)csc2=O)C1. The molecule has 1 aromatic heterocycles. The van der Waals surface area contributed by atoms with Crippen molar-refractivity contribution in [1.29, 1.82) is 0 Å². The highest BCUT2D eigenvalue weighted by molar-refractivity contribution is 7.07. The molecule has 1 atom stereocenters. The molecule has 6 nitrogen and oxygen atoms in total. The Morgan fingerprint density at radius 1 is 1.50 bits per heavy atom. The molecule has 1 aromatic rings. The fourth-order valence-corrected chi connectivity index (χ4v) is 2.98. The van der Waals surface area contributed by atoms with E-state index in [1.165, 1.54) is 9.95 Å². The molecule has 1 unspecified atom stereocenters. The van der Waals surface area contributed by atoms with Crippen LogP contribution < -0.4 is 4.87 Å². The lowest BCUT2D eigenvalue weighted by Crippen LogP contribution is -2.44. The summed E-state index contributed by atoms with van der Waals surface area (Å²) in [6.45, 7) is 6.47. The average Bonchev–Trinajstić information content (AvgIpc) is 2.67. The lowest BCUT2D eigenvalue weighted by atomic mass is 10.1. The van der Waals surface area contributed by atoms with Crippen molar-refractivity contribution >= 4 is 17.4 Å². The average molecular weight is 300 g/mol. The molecule has 2 heterocycles. The number of hydrogen-bond donors (Lipinski definition) is 1. The van der Waals surface area contributed by atoms with Crippen LogP contribution in [0, 0.1) is 0 Å². The van der Waals surface area contributed by atoms with E-state index >= 15 is 0 Å². The summed E-state index contributed by atoms with van der Waals surface area (Å²) in [5.74, 6) is -0.0314. The van der Waals surface area contributed by atoms with Gasteiger partial charge in [-0.05, 0) is 33.6 Å². The number of nitrogens with zero attached hydrogens (tertiary/aromatic N) is 2. The van der Waals surface area contributed by atoms with Crippen molar-refractivity contribution in [2.45, 2.75) is 45.3 Å². The van der Waals surface area contributed by atoms with Gasteiger partial charge in [0.1, 0.15) is 5.60 Å². The molecule has 1 aliphatic rings. The highest BCUT2D eigenvalue weighted by Crippen LogP contribution is 2.26. The standard InChI is InChI=1S/C13H20N2O4S/c1-13(2,3)19-11(17)14-6-4-5-9(7-14)15-10(16)8-20-12(15)18/h8-9,16H,4-7H2,1-3H3. The number of aromatic hydroxyl groups is 1. The molecule has 1 fully saturated rings. The molecule has 2 rings (SSSR count). The van der Waals surface area contributed by atoms with Crippen LogP contribution in [0.25, 0.3) is 0 Å². The number of aromatic nitrogens is 1. The number of likely N-dealkylation sites (tertiary alicyclic amines) is 1. The lowest BCUT2D eigenvalue weighted by Gasteiger charge is -2.34. The minimum atomic E-state index is -0.536. The smallest absolute Gasteiger partial charge is 0.410 e. The molecule has 0 bridgehead atoms. The first-order valence-corrected chi connectivity index (χ1v) is 7.53. The molecule has 1 amide bonds. The van der Waals surface area contributed by atoms with E-state index in [2.05, 4.69) is 0 Å². The normalized spacial score (nSPS) is 19.9. The van der Waals surface area contributed by atoms with Crippen molar-refractivity contribution in [1.82, 2.24) is 9.47 Å².